The highest BCUT2D eigenvalue weighted by Gasteiger charge is 2.45. The van der Waals surface area contributed by atoms with Crippen LogP contribution in [0.5, 0.6) is 11.5 Å². The van der Waals surface area contributed by atoms with E-state index in [-0.39, 0.29) is 36.9 Å². The van der Waals surface area contributed by atoms with Gasteiger partial charge in [-0.25, -0.2) is 0 Å². The van der Waals surface area contributed by atoms with Gasteiger partial charge in [-0.15, -0.1) is 0 Å². The van der Waals surface area contributed by atoms with E-state index >= 15 is 0 Å². The molecule has 2 aliphatic heterocycles. The van der Waals surface area contributed by atoms with Crippen molar-refractivity contribution < 1.29 is 44.2 Å². The summed E-state index contributed by atoms with van der Waals surface area (Å²) in [6.07, 6.45) is 1.97. The van der Waals surface area contributed by atoms with Crippen LogP contribution in [0.3, 0.4) is 0 Å². The number of carbonyl (C=O) groups excluding carboxylic acids is 2. The topological polar surface area (TPSA) is 296 Å². The molecule has 2 aromatic rings. The lowest BCUT2D eigenvalue weighted by Gasteiger charge is -2.39. The summed E-state index contributed by atoms with van der Waals surface area (Å²) in [6.45, 7) is 5.18. The number of allylic oxidation sites excluding steroid dienone is 2. The summed E-state index contributed by atoms with van der Waals surface area (Å²) in [5.41, 5.74) is 23.4. The van der Waals surface area contributed by atoms with E-state index < -0.39 is 49.3 Å². The molecule has 2 aliphatic rings. The first-order chi connectivity index (χ1) is 26.4. The van der Waals surface area contributed by atoms with Gasteiger partial charge in [0.05, 0.1) is 6.61 Å². The van der Waals surface area contributed by atoms with Crippen LogP contribution in [0.25, 0.3) is 6.08 Å². The summed E-state index contributed by atoms with van der Waals surface area (Å²) in [6, 6.07) is 11.9. The highest BCUT2D eigenvalue weighted by molar-refractivity contribution is 5.92. The van der Waals surface area contributed by atoms with Crippen molar-refractivity contribution in [2.75, 3.05) is 32.8 Å². The van der Waals surface area contributed by atoms with Crippen LogP contribution < -0.4 is 43.0 Å². The summed E-state index contributed by atoms with van der Waals surface area (Å²) in [4.78, 5) is 34.0. The van der Waals surface area contributed by atoms with E-state index in [1.54, 1.807) is 42.5 Å². The van der Waals surface area contributed by atoms with Gasteiger partial charge in [0.2, 0.25) is 18.1 Å². The van der Waals surface area contributed by atoms with E-state index in [1.807, 2.05) is 32.1 Å². The first kappa shape index (κ1) is 47.0. The molecule has 0 radical (unpaired) electrons. The van der Waals surface area contributed by atoms with Crippen molar-refractivity contribution in [2.24, 2.45) is 32.9 Å². The Morgan fingerprint density at radius 3 is 2.02 bits per heavy atom. The summed E-state index contributed by atoms with van der Waals surface area (Å²) in [5.74, 6) is -0.466. The maximum Gasteiger partial charge on any atom is 0.243 e. The van der Waals surface area contributed by atoms with Crippen LogP contribution >= 0.6 is 0 Å². The maximum atomic E-state index is 13.7. The second kappa shape index (κ2) is 24.3. The Bertz CT molecular complexity index is 1620. The molecule has 4 rings (SSSR count). The Morgan fingerprint density at radius 1 is 0.839 bits per heavy atom. The second-order valence-corrected chi connectivity index (χ2v) is 12.8. The minimum Gasteiger partial charge on any atom is -0.484 e. The van der Waals surface area contributed by atoms with Gasteiger partial charge in [0.25, 0.3) is 0 Å². The zero-order valence-corrected chi connectivity index (χ0v) is 31.3. The number of hydrogen-bond acceptors (Lipinski definition) is 11. The number of nitrogens with two attached hydrogens (primary N) is 4. The largest absolute Gasteiger partial charge is 0.484 e. The quantitative estimate of drug-likeness (QED) is 0.0347. The number of fused-ring (bicyclic) bond motifs is 1. The molecule has 2 aromatic carbocycles. The van der Waals surface area contributed by atoms with Crippen LogP contribution in [0.2, 0.25) is 0 Å². The third kappa shape index (κ3) is 14.5. The van der Waals surface area contributed by atoms with Crippen molar-refractivity contribution in [3.05, 3.63) is 77.4 Å². The minimum atomic E-state index is -1.58. The van der Waals surface area contributed by atoms with Crippen molar-refractivity contribution in [2.45, 2.75) is 89.7 Å². The van der Waals surface area contributed by atoms with E-state index in [0.717, 1.165) is 6.42 Å². The monoisotopic (exact) mass is 784 g/mol. The van der Waals surface area contributed by atoms with Crippen molar-refractivity contribution in [1.82, 2.24) is 10.6 Å². The van der Waals surface area contributed by atoms with E-state index in [1.165, 1.54) is 6.08 Å². The van der Waals surface area contributed by atoms with Crippen molar-refractivity contribution in [3.63, 3.8) is 0 Å². The number of rotatable bonds is 17. The first-order valence-electron chi connectivity index (χ1n) is 18.2. The Labute approximate surface area is 328 Å². The smallest absolute Gasteiger partial charge is 0.243 e. The molecular weight excluding hydrogens is 724 g/mol. The van der Waals surface area contributed by atoms with Gasteiger partial charge in [0.1, 0.15) is 47.9 Å². The highest BCUT2D eigenvalue weighted by atomic mass is 16.7. The molecule has 56 heavy (non-hydrogen) atoms. The molecule has 1 saturated heterocycles. The lowest BCUT2D eigenvalue weighted by atomic mass is 9.89. The second-order valence-electron chi connectivity index (χ2n) is 12.8. The average molecular weight is 785 g/mol. The number of ether oxygens (including phenoxy) is 3. The minimum absolute atomic E-state index is 0. The zero-order chi connectivity index (χ0) is 40.3. The lowest BCUT2D eigenvalue weighted by molar-refractivity contribution is -0.277. The Kier molecular flexibility index (Phi) is 20.4. The van der Waals surface area contributed by atoms with E-state index in [9.17, 15) is 30.0 Å². The van der Waals surface area contributed by atoms with Gasteiger partial charge in [-0.05, 0) is 81.0 Å². The van der Waals surface area contributed by atoms with Crippen LogP contribution in [0.1, 0.15) is 75.7 Å². The number of nitrogens with zero attached hydrogens (tertiary/aromatic N) is 2. The zero-order valence-electron chi connectivity index (χ0n) is 31.3. The molecule has 0 spiro atoms. The molecular formula is C39H60N8O9. The SMILES string of the molecule is C.CC=CC.NC(N)=NCCCCNC(=O)C=Cc1ccc2c(c1)C(C(=O)NCCCCN=C(N)N)C(c1ccc(OC3OC(CO)C(O)C(O)C3O)cc1)O2. The van der Waals surface area contributed by atoms with E-state index in [0.29, 0.717) is 67.9 Å². The van der Waals surface area contributed by atoms with Crippen molar-refractivity contribution in [1.29, 1.82) is 0 Å². The Morgan fingerprint density at radius 2 is 1.45 bits per heavy atom. The van der Waals surface area contributed by atoms with Gasteiger partial charge in [-0.3, -0.25) is 19.6 Å². The number of aliphatic hydroxyl groups is 4. The number of amides is 2. The molecule has 0 bridgehead atoms. The summed E-state index contributed by atoms with van der Waals surface area (Å²) < 4.78 is 17.5. The number of aliphatic imine (C=N–C) groups is 2. The molecule has 17 nitrogen and oxygen atoms in total. The molecule has 0 aliphatic carbocycles. The molecule has 7 unspecified atom stereocenters. The third-order valence-corrected chi connectivity index (χ3v) is 8.63. The standard InChI is InChI=1S/C34H48N8O9.C4H8.CH4/c35-33(36)41-15-3-1-13-39-25(44)12-6-19-5-11-23-22(17-19)26(31(48)40-14-2-4-16-42-34(37)38)30(50-23)20-7-9-21(10-8-20)49-32-29(47)28(46)27(45)24(18-43)51-32;1-3-4-2;/h5-12,17,24,26-30,32,43,45-47H,1-4,13-16,18H2,(H,39,44)(H,40,48)(H4,35,36,41)(H4,37,38,42);3-4H,1-2H3;1H4. The number of benzene rings is 2. The average Bonchev–Trinajstić information content (AvgIpc) is 3.56. The fourth-order valence-electron chi connectivity index (χ4n) is 5.62. The van der Waals surface area contributed by atoms with Gasteiger partial charge in [0.15, 0.2) is 11.9 Å². The van der Waals surface area contributed by atoms with Crippen LogP contribution in [0, 0.1) is 0 Å². The summed E-state index contributed by atoms with van der Waals surface area (Å²) >= 11 is 0. The van der Waals surface area contributed by atoms with E-state index in [2.05, 4.69) is 20.6 Å². The summed E-state index contributed by atoms with van der Waals surface area (Å²) in [5, 5.41) is 45.8. The van der Waals surface area contributed by atoms with Gasteiger partial charge in [-0.1, -0.05) is 37.8 Å². The summed E-state index contributed by atoms with van der Waals surface area (Å²) in [7, 11) is 0. The van der Waals surface area contributed by atoms with Gasteiger partial charge in [0, 0.05) is 37.8 Å². The predicted molar refractivity (Wildman–Crippen MR) is 215 cm³/mol. The van der Waals surface area contributed by atoms with Gasteiger partial charge >= 0.3 is 0 Å². The molecule has 0 aromatic heterocycles. The maximum absolute atomic E-state index is 13.7. The number of unbranched alkanes of at least 4 members (excludes halogenated alkanes) is 2. The van der Waals surface area contributed by atoms with Crippen LogP contribution in [-0.4, -0.2) is 108 Å². The van der Waals surface area contributed by atoms with Crippen LogP contribution in [0.15, 0.2) is 70.7 Å². The fourth-order valence-corrected chi connectivity index (χ4v) is 5.62. The lowest BCUT2D eigenvalue weighted by Crippen LogP contribution is -2.60. The fraction of sp³-hybridized carbons (Fsp3) is 0.487. The molecule has 17 heteroatoms. The number of nitrogens with one attached hydrogen (secondary N) is 2. The first-order valence-corrected chi connectivity index (χ1v) is 18.2. The number of guanidine groups is 2. The highest BCUT2D eigenvalue weighted by Crippen LogP contribution is 2.47. The molecule has 2 amide bonds. The molecule has 310 valence electrons. The number of carbonyl (C=O) groups is 2. The van der Waals surface area contributed by atoms with Gasteiger partial charge < -0.3 is 68.2 Å². The van der Waals surface area contributed by atoms with Gasteiger partial charge in [-0.2, -0.15) is 0 Å². The van der Waals surface area contributed by atoms with Crippen LogP contribution in [0.4, 0.5) is 0 Å². The Hall–Kier alpha value is -5.20. The van der Waals surface area contributed by atoms with Crippen molar-refractivity contribution in [3.8, 4) is 11.5 Å². The molecule has 1 fully saturated rings. The number of hydrogen-bond donors (Lipinski definition) is 10. The molecule has 0 saturated carbocycles. The Balaban J connectivity index is 0.00000206. The third-order valence-electron chi connectivity index (χ3n) is 8.63. The van der Waals surface area contributed by atoms with Crippen molar-refractivity contribution >= 4 is 29.8 Å². The van der Waals surface area contributed by atoms with E-state index in [4.69, 9.17) is 37.1 Å². The number of aliphatic hydroxyl groups excluding tert-OH is 4. The predicted octanol–water partition coefficient (Wildman–Crippen LogP) is 0.654. The molecule has 7 atom stereocenters. The molecule has 2 heterocycles. The molecule has 14 N–H and O–H groups in total. The normalized spacial score (nSPS) is 22.4. The van der Waals surface area contributed by atoms with Crippen LogP contribution in [-0.2, 0) is 14.3 Å².